The highest BCUT2D eigenvalue weighted by atomic mass is 16.3. The highest BCUT2D eigenvalue weighted by molar-refractivity contribution is 5.97. The molecule has 0 spiro atoms. The van der Waals surface area contributed by atoms with Crippen LogP contribution < -0.4 is 4.90 Å². The van der Waals surface area contributed by atoms with Crippen molar-refractivity contribution in [3.8, 4) is 0 Å². The fraction of sp³-hybridized carbons (Fsp3) is 0.533. The van der Waals surface area contributed by atoms with E-state index in [1.165, 1.54) is 11.1 Å². The molecule has 1 aromatic carbocycles. The van der Waals surface area contributed by atoms with E-state index in [0.717, 1.165) is 37.9 Å². The smallest absolute Gasteiger partial charge is 0.232 e. The summed E-state index contributed by atoms with van der Waals surface area (Å²) in [5.74, 6) is -0.0687. The van der Waals surface area contributed by atoms with Crippen LogP contribution in [0.3, 0.4) is 0 Å². The molecule has 1 saturated carbocycles. The second kappa shape index (κ2) is 4.39. The number of amides is 1. The number of aryl methyl sites for hydroxylation is 1. The van der Waals surface area contributed by atoms with Gasteiger partial charge in [0.1, 0.15) is 0 Å². The van der Waals surface area contributed by atoms with Gasteiger partial charge < -0.3 is 10.0 Å². The molecule has 1 N–H and O–H groups in total. The van der Waals surface area contributed by atoms with Crippen LogP contribution >= 0.6 is 0 Å². The molecule has 3 heteroatoms. The lowest BCUT2D eigenvalue weighted by Crippen LogP contribution is -2.38. The molecule has 3 rings (SSSR count). The third-order valence-electron chi connectivity index (χ3n) is 4.32. The molecule has 1 aromatic rings. The molecule has 18 heavy (non-hydrogen) atoms. The molecule has 0 radical (unpaired) electrons. The topological polar surface area (TPSA) is 40.5 Å². The predicted molar refractivity (Wildman–Crippen MR) is 70.6 cm³/mol. The zero-order valence-electron chi connectivity index (χ0n) is 10.7. The Morgan fingerprint density at radius 1 is 1.39 bits per heavy atom. The first-order chi connectivity index (χ1) is 8.68. The van der Waals surface area contributed by atoms with Crippen molar-refractivity contribution in [3.63, 3.8) is 0 Å². The van der Waals surface area contributed by atoms with E-state index in [-0.39, 0.29) is 11.8 Å². The van der Waals surface area contributed by atoms with E-state index < -0.39 is 6.10 Å². The van der Waals surface area contributed by atoms with Crippen molar-refractivity contribution >= 4 is 11.6 Å². The van der Waals surface area contributed by atoms with Crippen molar-refractivity contribution in [2.75, 3.05) is 11.4 Å². The largest absolute Gasteiger partial charge is 0.392 e. The summed E-state index contributed by atoms with van der Waals surface area (Å²) >= 11 is 0. The summed E-state index contributed by atoms with van der Waals surface area (Å²) in [6, 6.07) is 6.12. The first-order valence-electron chi connectivity index (χ1n) is 6.76. The van der Waals surface area contributed by atoms with Gasteiger partial charge in [-0.15, -0.1) is 0 Å². The Balaban J connectivity index is 1.88. The first-order valence-corrected chi connectivity index (χ1v) is 6.76. The lowest BCUT2D eigenvalue weighted by molar-refractivity contribution is -0.124. The van der Waals surface area contributed by atoms with Crippen molar-refractivity contribution in [1.29, 1.82) is 0 Å². The molecule has 0 aromatic heterocycles. The van der Waals surface area contributed by atoms with E-state index in [2.05, 4.69) is 13.0 Å². The summed E-state index contributed by atoms with van der Waals surface area (Å²) in [5.41, 5.74) is 3.60. The highest BCUT2D eigenvalue weighted by Crippen LogP contribution is 2.34. The van der Waals surface area contributed by atoms with Crippen LogP contribution in [-0.2, 0) is 11.2 Å². The number of aliphatic hydroxyl groups is 1. The SMILES string of the molecule is Cc1cccc2c1CCN2C(=O)C1CCCC1O. The molecular formula is C15H19NO2. The Labute approximate surface area is 107 Å². The molecule has 1 amide bonds. The van der Waals surface area contributed by atoms with Gasteiger partial charge in [0, 0.05) is 12.2 Å². The van der Waals surface area contributed by atoms with Gasteiger partial charge in [0.2, 0.25) is 5.91 Å². The van der Waals surface area contributed by atoms with Gasteiger partial charge in [-0.05, 0) is 49.8 Å². The van der Waals surface area contributed by atoms with E-state index >= 15 is 0 Å². The zero-order valence-corrected chi connectivity index (χ0v) is 10.7. The van der Waals surface area contributed by atoms with E-state index in [1.807, 2.05) is 17.0 Å². The van der Waals surface area contributed by atoms with Crippen molar-refractivity contribution in [3.05, 3.63) is 29.3 Å². The summed E-state index contributed by atoms with van der Waals surface area (Å²) in [5, 5.41) is 9.87. The number of carbonyl (C=O) groups is 1. The van der Waals surface area contributed by atoms with Gasteiger partial charge in [0.15, 0.2) is 0 Å². The van der Waals surface area contributed by atoms with Crippen LogP contribution in [0, 0.1) is 12.8 Å². The Kier molecular flexibility index (Phi) is 2.86. The van der Waals surface area contributed by atoms with Gasteiger partial charge in [0.05, 0.1) is 12.0 Å². The fourth-order valence-electron chi connectivity index (χ4n) is 3.27. The molecular weight excluding hydrogens is 226 g/mol. The molecule has 1 fully saturated rings. The van der Waals surface area contributed by atoms with Gasteiger partial charge in [-0.3, -0.25) is 4.79 Å². The number of hydrogen-bond donors (Lipinski definition) is 1. The van der Waals surface area contributed by atoms with Gasteiger partial charge in [-0.25, -0.2) is 0 Å². The monoisotopic (exact) mass is 245 g/mol. The Bertz CT molecular complexity index is 483. The molecule has 1 aliphatic carbocycles. The van der Waals surface area contributed by atoms with Crippen LogP contribution in [-0.4, -0.2) is 23.7 Å². The maximum Gasteiger partial charge on any atom is 0.232 e. The minimum atomic E-state index is -0.439. The molecule has 96 valence electrons. The second-order valence-electron chi connectivity index (χ2n) is 5.42. The molecule has 3 nitrogen and oxygen atoms in total. The minimum Gasteiger partial charge on any atom is -0.392 e. The number of fused-ring (bicyclic) bond motifs is 1. The minimum absolute atomic E-state index is 0.115. The van der Waals surface area contributed by atoms with Gasteiger partial charge in [0.25, 0.3) is 0 Å². The number of nitrogens with zero attached hydrogens (tertiary/aromatic N) is 1. The van der Waals surface area contributed by atoms with Gasteiger partial charge in [-0.2, -0.15) is 0 Å². The summed E-state index contributed by atoms with van der Waals surface area (Å²) in [4.78, 5) is 14.4. The first kappa shape index (κ1) is 11.7. The quantitative estimate of drug-likeness (QED) is 0.822. The van der Waals surface area contributed by atoms with Crippen LogP contribution in [0.2, 0.25) is 0 Å². The Hall–Kier alpha value is -1.35. The van der Waals surface area contributed by atoms with E-state index in [0.29, 0.717) is 0 Å². The van der Waals surface area contributed by atoms with Crippen molar-refractivity contribution in [2.45, 2.75) is 38.7 Å². The Morgan fingerprint density at radius 3 is 2.94 bits per heavy atom. The van der Waals surface area contributed by atoms with Gasteiger partial charge >= 0.3 is 0 Å². The normalized spacial score (nSPS) is 26.4. The number of aliphatic hydroxyl groups excluding tert-OH is 1. The van der Waals surface area contributed by atoms with Crippen molar-refractivity contribution in [2.24, 2.45) is 5.92 Å². The van der Waals surface area contributed by atoms with Crippen LogP contribution in [0.5, 0.6) is 0 Å². The van der Waals surface area contributed by atoms with Crippen molar-refractivity contribution < 1.29 is 9.90 Å². The van der Waals surface area contributed by atoms with E-state index in [4.69, 9.17) is 0 Å². The Morgan fingerprint density at radius 2 is 2.22 bits per heavy atom. The summed E-state index contributed by atoms with van der Waals surface area (Å²) in [6.45, 7) is 2.86. The molecule has 2 aliphatic rings. The predicted octanol–water partition coefficient (Wildman–Crippen LogP) is 2.05. The number of hydrogen-bond acceptors (Lipinski definition) is 2. The molecule has 2 atom stereocenters. The highest BCUT2D eigenvalue weighted by Gasteiger charge is 2.37. The standard InChI is InChI=1S/C15H19NO2/c1-10-4-2-6-13-11(10)8-9-16(13)15(18)12-5-3-7-14(12)17/h2,4,6,12,14,17H,3,5,7-9H2,1H3. The molecule has 0 bridgehead atoms. The van der Waals surface area contributed by atoms with Gasteiger partial charge in [-0.1, -0.05) is 12.1 Å². The summed E-state index contributed by atoms with van der Waals surface area (Å²) < 4.78 is 0. The summed E-state index contributed by atoms with van der Waals surface area (Å²) in [7, 11) is 0. The zero-order chi connectivity index (χ0) is 12.7. The van der Waals surface area contributed by atoms with Crippen molar-refractivity contribution in [1.82, 2.24) is 0 Å². The molecule has 1 aliphatic heterocycles. The lowest BCUT2D eigenvalue weighted by Gasteiger charge is -2.23. The maximum absolute atomic E-state index is 12.5. The number of anilines is 1. The van der Waals surface area contributed by atoms with Crippen LogP contribution in [0.15, 0.2) is 18.2 Å². The average Bonchev–Trinajstić information content (AvgIpc) is 2.95. The third-order valence-corrected chi connectivity index (χ3v) is 4.32. The number of carbonyl (C=O) groups excluding carboxylic acids is 1. The van der Waals surface area contributed by atoms with E-state index in [9.17, 15) is 9.90 Å². The van der Waals surface area contributed by atoms with Crippen LogP contribution in [0.25, 0.3) is 0 Å². The summed E-state index contributed by atoms with van der Waals surface area (Å²) in [6.07, 6.45) is 3.07. The third kappa shape index (κ3) is 1.74. The molecule has 2 unspecified atom stereocenters. The number of rotatable bonds is 1. The van der Waals surface area contributed by atoms with Crippen LogP contribution in [0.1, 0.15) is 30.4 Å². The van der Waals surface area contributed by atoms with E-state index in [1.54, 1.807) is 0 Å². The number of benzene rings is 1. The maximum atomic E-state index is 12.5. The molecule has 0 saturated heterocycles. The fourth-order valence-corrected chi connectivity index (χ4v) is 3.27. The van der Waals surface area contributed by atoms with Crippen LogP contribution in [0.4, 0.5) is 5.69 Å². The average molecular weight is 245 g/mol. The molecule has 1 heterocycles. The lowest BCUT2D eigenvalue weighted by atomic mass is 10.0. The second-order valence-corrected chi connectivity index (χ2v) is 5.42.